The van der Waals surface area contributed by atoms with Crippen molar-refractivity contribution in [1.29, 1.82) is 0 Å². The van der Waals surface area contributed by atoms with Crippen molar-refractivity contribution in [2.75, 3.05) is 5.43 Å². The number of nitrogens with zero attached hydrogens (tertiary/aromatic N) is 2. The van der Waals surface area contributed by atoms with Crippen LogP contribution in [0.3, 0.4) is 0 Å². The van der Waals surface area contributed by atoms with Crippen LogP contribution in [0.25, 0.3) is 0 Å². The molecule has 120 valence electrons. The minimum Gasteiger partial charge on any atom is -0.279 e. The number of hydrogen-bond acceptors (Lipinski definition) is 4. The molecule has 0 bridgehead atoms. The lowest BCUT2D eigenvalue weighted by molar-refractivity contribution is -0.384. The van der Waals surface area contributed by atoms with E-state index in [0.29, 0.717) is 11.3 Å². The maximum atomic E-state index is 12.4. The molecule has 5 nitrogen and oxygen atoms in total. The van der Waals surface area contributed by atoms with Gasteiger partial charge in [-0.05, 0) is 30.3 Å². The summed E-state index contributed by atoms with van der Waals surface area (Å²) in [5, 5.41) is 14.7. The SMILES string of the molecule is O=[N+]([O-])c1ccc(Cl)c(/C=N/Nc2ccc(C(F)(F)F)cc2)c1. The number of nitro groups is 1. The van der Waals surface area contributed by atoms with Gasteiger partial charge in [0.2, 0.25) is 0 Å². The predicted molar refractivity (Wildman–Crippen MR) is 80.8 cm³/mol. The minimum absolute atomic E-state index is 0.148. The summed E-state index contributed by atoms with van der Waals surface area (Å²) >= 11 is 5.89. The smallest absolute Gasteiger partial charge is 0.279 e. The number of benzene rings is 2. The third-order valence-electron chi connectivity index (χ3n) is 2.80. The standard InChI is InChI=1S/C14H9ClF3N3O2/c15-13-6-5-12(21(22)23)7-9(13)8-19-20-11-3-1-10(2-4-11)14(16,17)18/h1-8,20H/b19-8+. The van der Waals surface area contributed by atoms with Crippen molar-refractivity contribution in [1.82, 2.24) is 0 Å². The Morgan fingerprint density at radius 2 is 1.83 bits per heavy atom. The van der Waals surface area contributed by atoms with Gasteiger partial charge in [0.25, 0.3) is 5.69 Å². The molecule has 0 saturated carbocycles. The van der Waals surface area contributed by atoms with E-state index in [4.69, 9.17) is 11.6 Å². The van der Waals surface area contributed by atoms with Gasteiger partial charge in [0, 0.05) is 22.7 Å². The highest BCUT2D eigenvalue weighted by Gasteiger charge is 2.29. The molecule has 2 aromatic rings. The van der Waals surface area contributed by atoms with Crippen molar-refractivity contribution in [2.24, 2.45) is 5.10 Å². The summed E-state index contributed by atoms with van der Waals surface area (Å²) in [5.74, 6) is 0. The first-order valence-electron chi connectivity index (χ1n) is 6.17. The third kappa shape index (κ3) is 4.43. The van der Waals surface area contributed by atoms with Crippen LogP contribution in [-0.4, -0.2) is 11.1 Å². The van der Waals surface area contributed by atoms with Crippen molar-refractivity contribution in [3.05, 3.63) is 68.7 Å². The molecule has 0 radical (unpaired) electrons. The summed E-state index contributed by atoms with van der Waals surface area (Å²) in [6, 6.07) is 8.11. The number of anilines is 1. The number of nitro benzene ring substituents is 1. The van der Waals surface area contributed by atoms with Crippen molar-refractivity contribution in [3.63, 3.8) is 0 Å². The number of halogens is 4. The molecule has 0 fully saturated rings. The fourth-order valence-electron chi connectivity index (χ4n) is 1.65. The average molecular weight is 344 g/mol. The zero-order valence-electron chi connectivity index (χ0n) is 11.3. The maximum Gasteiger partial charge on any atom is 0.416 e. The molecule has 0 aliphatic carbocycles. The van der Waals surface area contributed by atoms with Gasteiger partial charge in [0.1, 0.15) is 0 Å². The lowest BCUT2D eigenvalue weighted by Crippen LogP contribution is -2.04. The highest BCUT2D eigenvalue weighted by molar-refractivity contribution is 6.33. The monoisotopic (exact) mass is 343 g/mol. The summed E-state index contributed by atoms with van der Waals surface area (Å²) < 4.78 is 37.3. The predicted octanol–water partition coefficient (Wildman–Crippen LogP) is 4.71. The van der Waals surface area contributed by atoms with Crippen LogP contribution >= 0.6 is 11.6 Å². The molecule has 9 heteroatoms. The molecule has 0 saturated heterocycles. The Hall–Kier alpha value is -2.61. The van der Waals surface area contributed by atoms with Crippen LogP contribution in [0.4, 0.5) is 24.5 Å². The highest BCUT2D eigenvalue weighted by Crippen LogP contribution is 2.29. The Bertz CT molecular complexity index is 746. The second kappa shape index (κ2) is 6.66. The second-order valence-corrected chi connectivity index (χ2v) is 4.82. The minimum atomic E-state index is -4.40. The van der Waals surface area contributed by atoms with Crippen molar-refractivity contribution in [3.8, 4) is 0 Å². The first-order chi connectivity index (χ1) is 10.8. The van der Waals surface area contributed by atoms with E-state index in [9.17, 15) is 23.3 Å². The molecule has 0 aliphatic rings. The Morgan fingerprint density at radius 3 is 2.39 bits per heavy atom. The molecule has 0 aromatic heterocycles. The molecular formula is C14H9ClF3N3O2. The van der Waals surface area contributed by atoms with Gasteiger partial charge in [-0.25, -0.2) is 0 Å². The quantitative estimate of drug-likeness (QED) is 0.496. The first-order valence-corrected chi connectivity index (χ1v) is 6.55. The van der Waals surface area contributed by atoms with Crippen LogP contribution in [0.2, 0.25) is 5.02 Å². The summed E-state index contributed by atoms with van der Waals surface area (Å²) in [5.41, 5.74) is 2.24. The van der Waals surface area contributed by atoms with E-state index >= 15 is 0 Å². The van der Waals surface area contributed by atoms with Crippen molar-refractivity contribution in [2.45, 2.75) is 6.18 Å². The topological polar surface area (TPSA) is 67.5 Å². The maximum absolute atomic E-state index is 12.4. The summed E-state index contributed by atoms with van der Waals surface area (Å²) in [7, 11) is 0. The average Bonchev–Trinajstić information content (AvgIpc) is 2.48. The van der Waals surface area contributed by atoms with Gasteiger partial charge in [0.05, 0.1) is 22.4 Å². The van der Waals surface area contributed by atoms with Crippen LogP contribution in [0, 0.1) is 10.1 Å². The van der Waals surface area contributed by atoms with Gasteiger partial charge in [-0.3, -0.25) is 15.5 Å². The third-order valence-corrected chi connectivity index (χ3v) is 3.14. The Morgan fingerprint density at radius 1 is 1.17 bits per heavy atom. The summed E-state index contributed by atoms with van der Waals surface area (Å²) in [6.07, 6.45) is -3.16. The molecule has 23 heavy (non-hydrogen) atoms. The van der Waals surface area contributed by atoms with E-state index in [1.54, 1.807) is 0 Å². The number of hydrazone groups is 1. The van der Waals surface area contributed by atoms with Gasteiger partial charge in [-0.2, -0.15) is 18.3 Å². The number of non-ortho nitro benzene ring substituents is 1. The lowest BCUT2D eigenvalue weighted by Gasteiger charge is -2.07. The van der Waals surface area contributed by atoms with E-state index < -0.39 is 16.7 Å². The van der Waals surface area contributed by atoms with E-state index in [2.05, 4.69) is 10.5 Å². The molecule has 0 heterocycles. The highest BCUT2D eigenvalue weighted by atomic mass is 35.5. The Balaban J connectivity index is 2.10. The summed E-state index contributed by atoms with van der Waals surface area (Å²) in [4.78, 5) is 10.1. The summed E-state index contributed by atoms with van der Waals surface area (Å²) in [6.45, 7) is 0. The molecule has 0 unspecified atom stereocenters. The second-order valence-electron chi connectivity index (χ2n) is 4.41. The molecule has 0 atom stereocenters. The van der Waals surface area contributed by atoms with Crippen LogP contribution in [-0.2, 0) is 6.18 Å². The van der Waals surface area contributed by atoms with E-state index in [1.807, 2.05) is 0 Å². The van der Waals surface area contributed by atoms with Crippen LogP contribution < -0.4 is 5.43 Å². The van der Waals surface area contributed by atoms with Crippen LogP contribution in [0.5, 0.6) is 0 Å². The number of hydrogen-bond donors (Lipinski definition) is 1. The number of rotatable bonds is 4. The Labute approximate surface area is 133 Å². The van der Waals surface area contributed by atoms with Crippen molar-refractivity contribution >= 4 is 29.2 Å². The van der Waals surface area contributed by atoms with E-state index in [0.717, 1.165) is 12.1 Å². The molecule has 1 N–H and O–H groups in total. The lowest BCUT2D eigenvalue weighted by atomic mass is 10.2. The molecule has 2 rings (SSSR count). The van der Waals surface area contributed by atoms with Gasteiger partial charge in [0.15, 0.2) is 0 Å². The molecule has 0 spiro atoms. The van der Waals surface area contributed by atoms with Gasteiger partial charge in [-0.1, -0.05) is 11.6 Å². The van der Waals surface area contributed by atoms with E-state index in [-0.39, 0.29) is 10.7 Å². The van der Waals surface area contributed by atoms with E-state index in [1.165, 1.54) is 36.5 Å². The molecular weight excluding hydrogens is 335 g/mol. The Kier molecular flexibility index (Phi) is 4.85. The zero-order valence-corrected chi connectivity index (χ0v) is 12.1. The van der Waals surface area contributed by atoms with Crippen LogP contribution in [0.15, 0.2) is 47.6 Å². The van der Waals surface area contributed by atoms with Gasteiger partial charge in [-0.15, -0.1) is 0 Å². The first kappa shape index (κ1) is 16.8. The zero-order chi connectivity index (χ0) is 17.0. The molecule has 2 aromatic carbocycles. The van der Waals surface area contributed by atoms with Gasteiger partial charge >= 0.3 is 6.18 Å². The fraction of sp³-hybridized carbons (Fsp3) is 0.0714. The molecule has 0 amide bonds. The fourth-order valence-corrected chi connectivity index (χ4v) is 1.82. The number of nitrogens with one attached hydrogen (secondary N) is 1. The molecule has 0 aliphatic heterocycles. The van der Waals surface area contributed by atoms with Crippen molar-refractivity contribution < 1.29 is 18.1 Å². The van der Waals surface area contributed by atoms with Gasteiger partial charge < -0.3 is 0 Å². The van der Waals surface area contributed by atoms with Crippen LogP contribution in [0.1, 0.15) is 11.1 Å². The number of alkyl halides is 3. The normalized spacial score (nSPS) is 11.7. The largest absolute Gasteiger partial charge is 0.416 e.